The molecule has 0 aliphatic carbocycles. The average Bonchev–Trinajstić information content (AvgIpc) is 3.16. The molecule has 0 radical (unpaired) electrons. The van der Waals surface area contributed by atoms with Gasteiger partial charge in [-0.15, -0.1) is 0 Å². The maximum atomic E-state index is 12.7. The van der Waals surface area contributed by atoms with Crippen molar-refractivity contribution in [2.45, 2.75) is 19.5 Å². The monoisotopic (exact) mass is 361 g/mol. The summed E-state index contributed by atoms with van der Waals surface area (Å²) in [6.07, 6.45) is 0. The normalized spacial score (nSPS) is 22.4. The molecule has 3 aliphatic rings. The summed E-state index contributed by atoms with van der Waals surface area (Å²) in [5, 5.41) is 0. The first-order chi connectivity index (χ1) is 12.7. The van der Waals surface area contributed by atoms with Gasteiger partial charge in [0.1, 0.15) is 0 Å². The molecule has 0 saturated carbocycles. The van der Waals surface area contributed by atoms with Gasteiger partial charge in [-0.2, -0.15) is 0 Å². The van der Waals surface area contributed by atoms with Gasteiger partial charge < -0.3 is 19.1 Å². The minimum absolute atomic E-state index is 0.0548. The lowest BCUT2D eigenvalue weighted by atomic mass is 10.1. The lowest BCUT2D eigenvalue weighted by Crippen LogP contribution is -2.55. The molecule has 1 amide bonds. The number of carbonyl (C=O) groups excluding carboxylic acids is 1. The summed E-state index contributed by atoms with van der Waals surface area (Å²) < 4.78 is 16.2. The predicted octanol–water partition coefficient (Wildman–Crippen LogP) is 0.780. The molecule has 0 N–H and O–H groups in total. The van der Waals surface area contributed by atoms with Crippen molar-refractivity contribution in [2.75, 3.05) is 59.3 Å². The molecule has 0 bridgehead atoms. The largest absolute Gasteiger partial charge is 0.454 e. The Bertz CT molecular complexity index is 640. The highest BCUT2D eigenvalue weighted by Gasteiger charge is 2.29. The molecule has 0 spiro atoms. The number of hydrogen-bond donors (Lipinski definition) is 0. The lowest BCUT2D eigenvalue weighted by molar-refractivity contribution is -0.141. The van der Waals surface area contributed by atoms with Gasteiger partial charge in [0.25, 0.3) is 0 Å². The van der Waals surface area contributed by atoms with Crippen molar-refractivity contribution in [2.24, 2.45) is 0 Å². The SMILES string of the molecule is C[C@H](C(=O)N1CCOCC1)N1CCN(Cc2ccc3c(c2)OCO3)CC1. The second kappa shape index (κ2) is 7.82. The third-order valence-corrected chi connectivity index (χ3v) is 5.48. The van der Waals surface area contributed by atoms with E-state index in [1.165, 1.54) is 5.56 Å². The van der Waals surface area contributed by atoms with Crippen LogP contribution in [-0.2, 0) is 16.1 Å². The zero-order valence-electron chi connectivity index (χ0n) is 15.4. The predicted molar refractivity (Wildman–Crippen MR) is 96.3 cm³/mol. The molecular formula is C19H27N3O4. The highest BCUT2D eigenvalue weighted by atomic mass is 16.7. The number of fused-ring (bicyclic) bond motifs is 1. The first-order valence-electron chi connectivity index (χ1n) is 9.42. The third kappa shape index (κ3) is 3.79. The van der Waals surface area contributed by atoms with Crippen LogP contribution in [0.1, 0.15) is 12.5 Å². The number of amides is 1. The molecule has 7 heteroatoms. The van der Waals surface area contributed by atoms with Gasteiger partial charge in [0.15, 0.2) is 11.5 Å². The summed E-state index contributed by atoms with van der Waals surface area (Å²) in [6.45, 7) is 9.76. The Kier molecular flexibility index (Phi) is 5.28. The number of ether oxygens (including phenoxy) is 3. The van der Waals surface area contributed by atoms with E-state index in [2.05, 4.69) is 21.9 Å². The zero-order valence-corrected chi connectivity index (χ0v) is 15.4. The highest BCUT2D eigenvalue weighted by molar-refractivity contribution is 5.81. The molecule has 142 valence electrons. The van der Waals surface area contributed by atoms with Crippen LogP contribution in [0.5, 0.6) is 11.5 Å². The number of carbonyl (C=O) groups is 1. The van der Waals surface area contributed by atoms with Crippen LogP contribution >= 0.6 is 0 Å². The van der Waals surface area contributed by atoms with E-state index >= 15 is 0 Å². The summed E-state index contributed by atoms with van der Waals surface area (Å²) in [5.41, 5.74) is 1.24. The van der Waals surface area contributed by atoms with Gasteiger partial charge in [-0.05, 0) is 24.6 Å². The quantitative estimate of drug-likeness (QED) is 0.790. The lowest BCUT2D eigenvalue weighted by Gasteiger charge is -2.39. The summed E-state index contributed by atoms with van der Waals surface area (Å²) in [6, 6.07) is 6.10. The van der Waals surface area contributed by atoms with Crippen LogP contribution in [0.25, 0.3) is 0 Å². The summed E-state index contributed by atoms with van der Waals surface area (Å²) >= 11 is 0. The molecule has 0 aromatic heterocycles. The van der Waals surface area contributed by atoms with Crippen LogP contribution < -0.4 is 9.47 Å². The van der Waals surface area contributed by atoms with E-state index in [9.17, 15) is 4.79 Å². The number of morpholine rings is 1. The maximum Gasteiger partial charge on any atom is 0.239 e. The van der Waals surface area contributed by atoms with Crippen molar-refractivity contribution in [1.29, 1.82) is 0 Å². The molecule has 3 heterocycles. The Morgan fingerprint density at radius 3 is 2.54 bits per heavy atom. The van der Waals surface area contributed by atoms with Crippen molar-refractivity contribution in [3.8, 4) is 11.5 Å². The molecule has 26 heavy (non-hydrogen) atoms. The van der Waals surface area contributed by atoms with E-state index in [4.69, 9.17) is 14.2 Å². The molecule has 7 nitrogen and oxygen atoms in total. The van der Waals surface area contributed by atoms with Crippen LogP contribution in [0.3, 0.4) is 0 Å². The summed E-state index contributed by atoms with van der Waals surface area (Å²) in [4.78, 5) is 19.3. The van der Waals surface area contributed by atoms with E-state index in [0.29, 0.717) is 33.1 Å². The zero-order chi connectivity index (χ0) is 17.9. The molecule has 4 rings (SSSR count). The van der Waals surface area contributed by atoms with Crippen molar-refractivity contribution in [1.82, 2.24) is 14.7 Å². The summed E-state index contributed by atoms with van der Waals surface area (Å²) in [7, 11) is 0. The van der Waals surface area contributed by atoms with Crippen molar-refractivity contribution in [3.05, 3.63) is 23.8 Å². The first-order valence-corrected chi connectivity index (χ1v) is 9.42. The Labute approximate surface area is 154 Å². The average molecular weight is 361 g/mol. The minimum atomic E-state index is -0.0548. The van der Waals surface area contributed by atoms with Crippen molar-refractivity contribution >= 4 is 5.91 Å². The molecule has 2 saturated heterocycles. The van der Waals surface area contributed by atoms with Gasteiger partial charge in [-0.1, -0.05) is 6.07 Å². The third-order valence-electron chi connectivity index (χ3n) is 5.48. The second-order valence-electron chi connectivity index (χ2n) is 7.11. The fourth-order valence-electron chi connectivity index (χ4n) is 3.81. The molecular weight excluding hydrogens is 334 g/mol. The standard InChI is InChI=1S/C19H27N3O4/c1-15(19(23)22-8-10-24-11-9-22)21-6-4-20(5-7-21)13-16-2-3-17-18(12-16)26-14-25-17/h2-3,12,15H,4-11,13-14H2,1H3/t15-/m1/s1. The van der Waals surface area contributed by atoms with E-state index in [1.54, 1.807) is 0 Å². The van der Waals surface area contributed by atoms with E-state index in [-0.39, 0.29) is 11.9 Å². The van der Waals surface area contributed by atoms with Gasteiger partial charge in [0, 0.05) is 45.8 Å². The fraction of sp³-hybridized carbons (Fsp3) is 0.632. The Morgan fingerprint density at radius 2 is 1.77 bits per heavy atom. The van der Waals surface area contributed by atoms with Crippen LogP contribution in [0.15, 0.2) is 18.2 Å². The number of rotatable bonds is 4. The van der Waals surface area contributed by atoms with Crippen molar-refractivity contribution < 1.29 is 19.0 Å². The Balaban J connectivity index is 1.27. The Morgan fingerprint density at radius 1 is 1.04 bits per heavy atom. The van der Waals surface area contributed by atoms with E-state index in [0.717, 1.165) is 44.2 Å². The van der Waals surface area contributed by atoms with Crippen molar-refractivity contribution in [3.63, 3.8) is 0 Å². The molecule has 3 aliphatic heterocycles. The maximum absolute atomic E-state index is 12.7. The first kappa shape index (κ1) is 17.6. The number of hydrogen-bond acceptors (Lipinski definition) is 6. The van der Waals surface area contributed by atoms with Crippen LogP contribution in [0.4, 0.5) is 0 Å². The van der Waals surface area contributed by atoms with Gasteiger partial charge in [-0.25, -0.2) is 0 Å². The number of nitrogens with zero attached hydrogens (tertiary/aromatic N) is 3. The van der Waals surface area contributed by atoms with Gasteiger partial charge in [-0.3, -0.25) is 14.6 Å². The summed E-state index contributed by atoms with van der Waals surface area (Å²) in [5.74, 6) is 1.90. The number of benzene rings is 1. The van der Waals surface area contributed by atoms with Gasteiger partial charge >= 0.3 is 0 Å². The second-order valence-corrected chi connectivity index (χ2v) is 7.11. The van der Waals surface area contributed by atoms with Gasteiger partial charge in [0.2, 0.25) is 12.7 Å². The Hall–Kier alpha value is -1.83. The van der Waals surface area contributed by atoms with Crippen LogP contribution in [-0.4, -0.2) is 85.9 Å². The molecule has 0 unspecified atom stereocenters. The van der Waals surface area contributed by atoms with E-state index < -0.39 is 0 Å². The van der Waals surface area contributed by atoms with E-state index in [1.807, 2.05) is 17.9 Å². The number of piperazine rings is 1. The topological polar surface area (TPSA) is 54.5 Å². The fourth-order valence-corrected chi connectivity index (χ4v) is 3.81. The molecule has 1 aromatic rings. The highest BCUT2D eigenvalue weighted by Crippen LogP contribution is 2.32. The molecule has 1 atom stereocenters. The molecule has 1 aromatic carbocycles. The molecule has 2 fully saturated rings. The minimum Gasteiger partial charge on any atom is -0.454 e. The van der Waals surface area contributed by atoms with Crippen LogP contribution in [0.2, 0.25) is 0 Å². The smallest absolute Gasteiger partial charge is 0.239 e. The van der Waals surface area contributed by atoms with Gasteiger partial charge in [0.05, 0.1) is 19.3 Å². The van der Waals surface area contributed by atoms with Crippen LogP contribution in [0, 0.1) is 0 Å².